The molecule has 2 aliphatic heterocycles. The van der Waals surface area contributed by atoms with Crippen LogP contribution in [-0.4, -0.2) is 16.1 Å². The van der Waals surface area contributed by atoms with E-state index in [0.717, 1.165) is 50.5 Å². The minimum atomic E-state index is -3.09. The summed E-state index contributed by atoms with van der Waals surface area (Å²) in [4.78, 5) is 2.40. The highest BCUT2D eigenvalue weighted by Crippen LogP contribution is 2.39. The van der Waals surface area contributed by atoms with Crippen molar-refractivity contribution < 1.29 is 9.15 Å². The van der Waals surface area contributed by atoms with Crippen molar-refractivity contribution in [3.8, 4) is 11.5 Å². The summed E-state index contributed by atoms with van der Waals surface area (Å²) in [6, 6.07) is 82.8. The van der Waals surface area contributed by atoms with Gasteiger partial charge in [0.25, 0.3) is 0 Å². The Labute approximate surface area is 345 Å². The van der Waals surface area contributed by atoms with Crippen molar-refractivity contribution in [1.82, 2.24) is 0 Å². The fourth-order valence-electron chi connectivity index (χ4n) is 10.4. The second kappa shape index (κ2) is 13.2. The predicted molar refractivity (Wildman–Crippen MR) is 249 cm³/mol. The second-order valence-electron chi connectivity index (χ2n) is 15.6. The maximum absolute atomic E-state index is 6.86. The Morgan fingerprint density at radius 1 is 0.305 bits per heavy atom. The van der Waals surface area contributed by atoms with E-state index in [1.54, 1.807) is 0 Å². The molecule has 9 aromatic carbocycles. The number of hydrogen-bond acceptors (Lipinski definition) is 3. The number of nitrogens with zero attached hydrogens (tertiary/aromatic N) is 1. The number of para-hydroxylation sites is 4. The first-order valence-electron chi connectivity index (χ1n) is 20.3. The van der Waals surface area contributed by atoms with Gasteiger partial charge in [-0.05, 0) is 96.1 Å². The number of ether oxygens (including phenoxy) is 1. The number of hydrogen-bond donors (Lipinski definition) is 0. The van der Waals surface area contributed by atoms with Crippen LogP contribution in [0.2, 0.25) is 0 Å². The van der Waals surface area contributed by atoms with Crippen LogP contribution in [0.1, 0.15) is 0 Å². The van der Waals surface area contributed by atoms with E-state index in [-0.39, 0.29) is 0 Å². The van der Waals surface area contributed by atoms with Gasteiger partial charge in [-0.25, -0.2) is 0 Å². The van der Waals surface area contributed by atoms with E-state index in [4.69, 9.17) is 9.15 Å². The largest absolute Gasteiger partial charge is 0.458 e. The molecule has 0 saturated carbocycles. The number of furan rings is 1. The minimum Gasteiger partial charge on any atom is -0.458 e. The molecule has 0 unspecified atom stereocenters. The van der Waals surface area contributed by atoms with Gasteiger partial charge in [0, 0.05) is 33.9 Å². The third kappa shape index (κ3) is 4.80. The van der Waals surface area contributed by atoms with Crippen molar-refractivity contribution in [2.45, 2.75) is 0 Å². The standard InChI is InChI=1S/C54H37NO2Si2/c1-4-18-38(19-5-1)55(39-32-34-44-43-24-10-11-25-45(43)56-48(44)36-39)40-33-35-53-54(37-40)59(49-28-14-12-26-46(49)57-47-27-13-15-29-50(47)59)52-31-17-16-30-51(52)58(53,41-20-6-2-7-21-41)42-22-8-3-9-23-42/h1-37H. The van der Waals surface area contributed by atoms with E-state index in [2.05, 4.69) is 223 Å². The van der Waals surface area contributed by atoms with Crippen molar-refractivity contribution in [2.75, 3.05) is 4.90 Å². The van der Waals surface area contributed by atoms with Crippen molar-refractivity contribution in [2.24, 2.45) is 0 Å². The molecule has 3 heterocycles. The smallest absolute Gasteiger partial charge is 0.188 e. The molecule has 0 aliphatic carbocycles. The van der Waals surface area contributed by atoms with Gasteiger partial charge >= 0.3 is 0 Å². The van der Waals surface area contributed by atoms with Crippen LogP contribution in [0.15, 0.2) is 229 Å². The lowest BCUT2D eigenvalue weighted by Crippen LogP contribution is -2.93. The fourth-order valence-corrected chi connectivity index (χ4v) is 22.6. The highest BCUT2D eigenvalue weighted by Gasteiger charge is 2.59. The van der Waals surface area contributed by atoms with Crippen LogP contribution in [0.4, 0.5) is 17.1 Å². The Balaban J connectivity index is 1.23. The fraction of sp³-hybridized carbons (Fsp3) is 0. The van der Waals surface area contributed by atoms with E-state index in [1.807, 2.05) is 6.07 Å². The molecule has 1 spiro atoms. The average Bonchev–Trinajstić information content (AvgIpc) is 3.68. The van der Waals surface area contributed by atoms with Gasteiger partial charge in [-0.2, -0.15) is 0 Å². The number of benzene rings is 9. The monoisotopic (exact) mass is 787 g/mol. The van der Waals surface area contributed by atoms with E-state index in [9.17, 15) is 0 Å². The van der Waals surface area contributed by atoms with Crippen molar-refractivity contribution in [3.05, 3.63) is 224 Å². The Hall–Kier alpha value is -7.19. The summed E-state index contributed by atoms with van der Waals surface area (Å²) in [7, 11) is -6.03. The van der Waals surface area contributed by atoms with E-state index >= 15 is 0 Å². The lowest BCUT2D eigenvalue weighted by Gasteiger charge is -2.50. The number of anilines is 3. The van der Waals surface area contributed by atoms with Gasteiger partial charge in [0.1, 0.15) is 22.7 Å². The molecular formula is C54H37NO2Si2. The van der Waals surface area contributed by atoms with E-state index in [0.29, 0.717) is 0 Å². The molecule has 1 aromatic heterocycles. The average molecular weight is 788 g/mol. The van der Waals surface area contributed by atoms with Crippen molar-refractivity contribution in [3.63, 3.8) is 0 Å². The third-order valence-corrected chi connectivity index (χ3v) is 22.9. The molecule has 2 aliphatic rings. The summed E-state index contributed by atoms with van der Waals surface area (Å²) >= 11 is 0. The van der Waals surface area contributed by atoms with E-state index < -0.39 is 16.1 Å². The third-order valence-electron chi connectivity index (χ3n) is 12.7. The van der Waals surface area contributed by atoms with Crippen LogP contribution >= 0.6 is 0 Å². The van der Waals surface area contributed by atoms with Crippen LogP contribution < -0.4 is 51.1 Å². The Kier molecular flexibility index (Phi) is 7.57. The molecule has 0 atom stereocenters. The number of rotatable bonds is 5. The summed E-state index contributed by atoms with van der Waals surface area (Å²) in [5, 5.41) is 13.3. The van der Waals surface area contributed by atoms with Gasteiger partial charge in [0.15, 0.2) is 16.1 Å². The van der Waals surface area contributed by atoms with Gasteiger partial charge < -0.3 is 14.1 Å². The lowest BCUT2D eigenvalue weighted by atomic mass is 10.1. The van der Waals surface area contributed by atoms with Gasteiger partial charge in [-0.1, -0.05) is 164 Å². The Morgan fingerprint density at radius 2 is 0.780 bits per heavy atom. The molecule has 0 bridgehead atoms. The predicted octanol–water partition coefficient (Wildman–Crippen LogP) is 8.23. The number of fused-ring (bicyclic) bond motifs is 11. The molecular weight excluding hydrogens is 751 g/mol. The first-order chi connectivity index (χ1) is 29.3. The second-order valence-corrected chi connectivity index (χ2v) is 22.9. The van der Waals surface area contributed by atoms with E-state index in [1.165, 1.54) is 41.5 Å². The van der Waals surface area contributed by atoms with Gasteiger partial charge in [-0.15, -0.1) is 0 Å². The first-order valence-corrected chi connectivity index (χ1v) is 24.3. The zero-order chi connectivity index (χ0) is 39.0. The maximum Gasteiger partial charge on any atom is 0.188 e. The molecule has 10 aromatic rings. The molecule has 0 amide bonds. The van der Waals surface area contributed by atoms with Crippen LogP contribution in [0, 0.1) is 0 Å². The van der Waals surface area contributed by atoms with Crippen LogP contribution in [0.5, 0.6) is 11.5 Å². The molecule has 59 heavy (non-hydrogen) atoms. The molecule has 0 N–H and O–H groups in total. The zero-order valence-electron chi connectivity index (χ0n) is 32.1. The Bertz CT molecular complexity index is 3130. The Morgan fingerprint density at radius 3 is 1.44 bits per heavy atom. The van der Waals surface area contributed by atoms with Gasteiger partial charge in [0.05, 0.1) is 0 Å². The summed E-state index contributed by atoms with van der Waals surface area (Å²) in [6.45, 7) is 0. The van der Waals surface area contributed by atoms with Gasteiger partial charge in [0.2, 0.25) is 0 Å². The molecule has 12 rings (SSSR count). The van der Waals surface area contributed by atoms with Crippen LogP contribution in [0.25, 0.3) is 21.9 Å². The normalized spacial score (nSPS) is 14.2. The molecule has 278 valence electrons. The summed E-state index contributed by atoms with van der Waals surface area (Å²) in [6.07, 6.45) is 0. The zero-order valence-corrected chi connectivity index (χ0v) is 34.1. The highest BCUT2D eigenvalue weighted by molar-refractivity contribution is 7.33. The summed E-state index contributed by atoms with van der Waals surface area (Å²) in [5.41, 5.74) is 4.98. The topological polar surface area (TPSA) is 25.6 Å². The molecule has 0 radical (unpaired) electrons. The summed E-state index contributed by atoms with van der Waals surface area (Å²) in [5.74, 6) is 1.88. The van der Waals surface area contributed by atoms with Crippen LogP contribution in [0.3, 0.4) is 0 Å². The van der Waals surface area contributed by atoms with Crippen molar-refractivity contribution >= 4 is 96.6 Å². The quantitative estimate of drug-likeness (QED) is 0.165. The highest BCUT2D eigenvalue weighted by atomic mass is 28.3. The van der Waals surface area contributed by atoms with Crippen LogP contribution in [-0.2, 0) is 0 Å². The molecule has 0 saturated heterocycles. The lowest BCUT2D eigenvalue weighted by molar-refractivity contribution is 0.487. The summed E-state index contributed by atoms with van der Waals surface area (Å²) < 4.78 is 13.4. The SMILES string of the molecule is c1ccc(N(c2ccc3c(c2)[Si]2(c4ccccc4Oc4ccccc42)c2ccccc2[Si]3(c2ccccc2)c2ccccc2)c2ccc3c(c2)oc2ccccc23)cc1. The minimum absolute atomic E-state index is 0.870. The maximum atomic E-state index is 6.86. The van der Waals surface area contributed by atoms with Crippen molar-refractivity contribution in [1.29, 1.82) is 0 Å². The molecule has 3 nitrogen and oxygen atoms in total. The first kappa shape index (κ1) is 33.9. The molecule has 5 heteroatoms. The molecule has 0 fully saturated rings. The van der Waals surface area contributed by atoms with Gasteiger partial charge in [-0.3, -0.25) is 0 Å².